The van der Waals surface area contributed by atoms with E-state index in [4.69, 9.17) is 4.74 Å². The van der Waals surface area contributed by atoms with Gasteiger partial charge in [0.2, 0.25) is 0 Å². The van der Waals surface area contributed by atoms with E-state index in [1.54, 1.807) is 43.5 Å². The molecule has 2 aromatic carbocycles. The number of hydrazone groups is 1. The average Bonchev–Trinajstić information content (AvgIpc) is 2.62. The van der Waals surface area contributed by atoms with Crippen LogP contribution in [0.5, 0.6) is 5.75 Å². The molecule has 0 atom stereocenters. The summed E-state index contributed by atoms with van der Waals surface area (Å²) in [5.41, 5.74) is 4.68. The predicted octanol–water partition coefficient (Wildman–Crippen LogP) is 2.91. The SMILES string of the molecule is COc1ccc(/C=N\NC(=O)C(=O)Nc2ccc(C(C)C)cc2)cc1. The molecule has 25 heavy (non-hydrogen) atoms. The second-order valence-electron chi connectivity index (χ2n) is 5.70. The zero-order valence-corrected chi connectivity index (χ0v) is 14.4. The molecule has 0 saturated heterocycles. The van der Waals surface area contributed by atoms with E-state index in [2.05, 4.69) is 29.7 Å². The van der Waals surface area contributed by atoms with Crippen LogP contribution in [0, 0.1) is 0 Å². The van der Waals surface area contributed by atoms with Gasteiger partial charge in [0.15, 0.2) is 0 Å². The number of anilines is 1. The number of nitrogens with one attached hydrogen (secondary N) is 2. The van der Waals surface area contributed by atoms with Crippen molar-refractivity contribution in [1.82, 2.24) is 5.43 Å². The maximum Gasteiger partial charge on any atom is 0.329 e. The number of methoxy groups -OCH3 is 1. The van der Waals surface area contributed by atoms with Gasteiger partial charge < -0.3 is 10.1 Å². The summed E-state index contributed by atoms with van der Waals surface area (Å²) in [6.45, 7) is 4.17. The van der Waals surface area contributed by atoms with E-state index in [1.807, 2.05) is 12.1 Å². The highest BCUT2D eigenvalue weighted by Gasteiger charge is 2.12. The minimum Gasteiger partial charge on any atom is -0.497 e. The van der Waals surface area contributed by atoms with Crippen molar-refractivity contribution < 1.29 is 14.3 Å². The van der Waals surface area contributed by atoms with E-state index < -0.39 is 11.8 Å². The van der Waals surface area contributed by atoms with Crippen LogP contribution >= 0.6 is 0 Å². The Bertz CT molecular complexity index is 750. The Morgan fingerprint density at radius 3 is 2.20 bits per heavy atom. The number of carbonyl (C=O) groups is 2. The summed E-state index contributed by atoms with van der Waals surface area (Å²) in [7, 11) is 1.58. The number of benzene rings is 2. The van der Waals surface area contributed by atoms with Crippen LogP contribution < -0.4 is 15.5 Å². The molecule has 2 amide bonds. The van der Waals surface area contributed by atoms with Crippen LogP contribution in [0.15, 0.2) is 53.6 Å². The second kappa shape index (κ2) is 8.63. The fraction of sp³-hybridized carbons (Fsp3) is 0.211. The molecule has 0 saturated carbocycles. The maximum atomic E-state index is 11.8. The molecule has 0 aliphatic carbocycles. The van der Waals surface area contributed by atoms with Crippen molar-refractivity contribution in [2.24, 2.45) is 5.10 Å². The maximum absolute atomic E-state index is 11.8. The van der Waals surface area contributed by atoms with Crippen LogP contribution in [-0.2, 0) is 9.59 Å². The molecule has 0 radical (unpaired) electrons. The molecule has 0 spiro atoms. The molecule has 0 aliphatic heterocycles. The molecule has 0 unspecified atom stereocenters. The van der Waals surface area contributed by atoms with Crippen molar-refractivity contribution in [3.05, 3.63) is 59.7 Å². The smallest absolute Gasteiger partial charge is 0.329 e. The summed E-state index contributed by atoms with van der Waals surface area (Å²) in [4.78, 5) is 23.6. The van der Waals surface area contributed by atoms with Gasteiger partial charge in [-0.25, -0.2) is 5.43 Å². The molecule has 2 rings (SSSR count). The molecular weight excluding hydrogens is 318 g/mol. The number of hydrogen-bond acceptors (Lipinski definition) is 4. The van der Waals surface area contributed by atoms with Gasteiger partial charge in [-0.05, 0) is 53.4 Å². The highest BCUT2D eigenvalue weighted by Crippen LogP contribution is 2.17. The van der Waals surface area contributed by atoms with E-state index in [0.29, 0.717) is 11.6 Å². The van der Waals surface area contributed by atoms with E-state index in [9.17, 15) is 9.59 Å². The monoisotopic (exact) mass is 339 g/mol. The first-order chi connectivity index (χ1) is 12.0. The Kier molecular flexibility index (Phi) is 6.28. The first kappa shape index (κ1) is 18.2. The third kappa shape index (κ3) is 5.46. The lowest BCUT2D eigenvalue weighted by atomic mass is 10.0. The second-order valence-corrected chi connectivity index (χ2v) is 5.70. The Morgan fingerprint density at radius 2 is 1.64 bits per heavy atom. The van der Waals surface area contributed by atoms with Gasteiger partial charge >= 0.3 is 11.8 Å². The van der Waals surface area contributed by atoms with Gasteiger partial charge in [-0.2, -0.15) is 5.10 Å². The topological polar surface area (TPSA) is 79.8 Å². The van der Waals surface area contributed by atoms with Crippen molar-refractivity contribution in [3.63, 3.8) is 0 Å². The number of amides is 2. The molecule has 0 aliphatic rings. The summed E-state index contributed by atoms with van der Waals surface area (Å²) in [5, 5.41) is 6.30. The highest BCUT2D eigenvalue weighted by atomic mass is 16.5. The minimum absolute atomic E-state index is 0.403. The van der Waals surface area contributed by atoms with E-state index in [0.717, 1.165) is 16.9 Å². The molecule has 6 heteroatoms. The van der Waals surface area contributed by atoms with Crippen molar-refractivity contribution >= 4 is 23.7 Å². The van der Waals surface area contributed by atoms with Crippen molar-refractivity contribution in [2.45, 2.75) is 19.8 Å². The van der Waals surface area contributed by atoms with Crippen molar-refractivity contribution in [1.29, 1.82) is 0 Å². The molecule has 0 aromatic heterocycles. The van der Waals surface area contributed by atoms with Crippen LogP contribution in [0.4, 0.5) is 5.69 Å². The van der Waals surface area contributed by atoms with Crippen LogP contribution in [0.2, 0.25) is 0 Å². The Labute approximate surface area is 146 Å². The Balaban J connectivity index is 1.86. The minimum atomic E-state index is -0.835. The van der Waals surface area contributed by atoms with Crippen molar-refractivity contribution in [3.8, 4) is 5.75 Å². The molecule has 2 N–H and O–H groups in total. The lowest BCUT2D eigenvalue weighted by Crippen LogP contribution is -2.32. The van der Waals surface area contributed by atoms with Gasteiger partial charge in [-0.3, -0.25) is 9.59 Å². The fourth-order valence-electron chi connectivity index (χ4n) is 2.05. The average molecular weight is 339 g/mol. The van der Waals surface area contributed by atoms with Gasteiger partial charge in [-0.1, -0.05) is 26.0 Å². The third-order valence-corrected chi connectivity index (χ3v) is 3.54. The van der Waals surface area contributed by atoms with Gasteiger partial charge in [-0.15, -0.1) is 0 Å². The quantitative estimate of drug-likeness (QED) is 0.499. The molecule has 0 heterocycles. The predicted molar refractivity (Wildman–Crippen MR) is 97.9 cm³/mol. The first-order valence-corrected chi connectivity index (χ1v) is 7.88. The number of nitrogens with zero attached hydrogens (tertiary/aromatic N) is 1. The van der Waals surface area contributed by atoms with Gasteiger partial charge in [0.05, 0.1) is 13.3 Å². The Morgan fingerprint density at radius 1 is 1.00 bits per heavy atom. The largest absolute Gasteiger partial charge is 0.497 e. The lowest BCUT2D eigenvalue weighted by Gasteiger charge is -2.07. The Hall–Kier alpha value is -3.15. The van der Waals surface area contributed by atoms with Gasteiger partial charge in [0, 0.05) is 5.69 Å². The van der Waals surface area contributed by atoms with Crippen molar-refractivity contribution in [2.75, 3.05) is 12.4 Å². The lowest BCUT2D eigenvalue weighted by molar-refractivity contribution is -0.136. The molecular formula is C19H21N3O3. The summed E-state index contributed by atoms with van der Waals surface area (Å²) in [6.07, 6.45) is 1.45. The van der Waals surface area contributed by atoms with E-state index in [-0.39, 0.29) is 0 Å². The fourth-order valence-corrected chi connectivity index (χ4v) is 2.05. The van der Waals surface area contributed by atoms with Crippen LogP contribution in [0.3, 0.4) is 0 Å². The number of ether oxygens (including phenoxy) is 1. The van der Waals surface area contributed by atoms with Crippen LogP contribution in [0.1, 0.15) is 30.9 Å². The standard InChI is InChI=1S/C19H21N3O3/c1-13(2)15-6-8-16(9-7-15)21-18(23)19(24)22-20-12-14-4-10-17(25-3)11-5-14/h4-13H,1-3H3,(H,21,23)(H,22,24)/b20-12-. The van der Waals surface area contributed by atoms with Crippen LogP contribution in [-0.4, -0.2) is 25.1 Å². The first-order valence-electron chi connectivity index (χ1n) is 7.88. The summed E-state index contributed by atoms with van der Waals surface area (Å²) >= 11 is 0. The van der Waals surface area contributed by atoms with Gasteiger partial charge in [0.1, 0.15) is 5.75 Å². The molecule has 6 nitrogen and oxygen atoms in total. The molecule has 0 bridgehead atoms. The summed E-state index contributed by atoms with van der Waals surface area (Å²) in [5.74, 6) is -0.480. The molecule has 2 aromatic rings. The third-order valence-electron chi connectivity index (χ3n) is 3.54. The molecule has 130 valence electrons. The zero-order chi connectivity index (χ0) is 18.2. The zero-order valence-electron chi connectivity index (χ0n) is 14.4. The number of carbonyl (C=O) groups excluding carboxylic acids is 2. The number of rotatable bonds is 5. The highest BCUT2D eigenvalue weighted by molar-refractivity contribution is 6.39. The number of hydrogen-bond donors (Lipinski definition) is 2. The van der Waals surface area contributed by atoms with E-state index >= 15 is 0 Å². The van der Waals surface area contributed by atoms with Gasteiger partial charge in [0.25, 0.3) is 0 Å². The van der Waals surface area contributed by atoms with Crippen LogP contribution in [0.25, 0.3) is 0 Å². The normalized spacial score (nSPS) is 10.7. The van der Waals surface area contributed by atoms with E-state index in [1.165, 1.54) is 6.21 Å². The summed E-state index contributed by atoms with van der Waals surface area (Å²) in [6, 6.07) is 14.5. The summed E-state index contributed by atoms with van der Waals surface area (Å²) < 4.78 is 5.05. The molecule has 0 fully saturated rings.